The maximum Gasteiger partial charge on any atom is 0.302 e. The summed E-state index contributed by atoms with van der Waals surface area (Å²) in [5, 5.41) is 0.630. The Morgan fingerprint density at radius 1 is 1.21 bits per heavy atom. The van der Waals surface area contributed by atoms with E-state index in [2.05, 4.69) is 4.40 Å². The number of esters is 1. The zero-order valence-corrected chi connectivity index (χ0v) is 18.1. The van der Waals surface area contributed by atoms with Gasteiger partial charge in [-0.1, -0.05) is 23.4 Å². The number of fused-ring (bicyclic) bond motifs is 1. The van der Waals surface area contributed by atoms with Crippen molar-refractivity contribution in [2.45, 2.75) is 35.0 Å². The van der Waals surface area contributed by atoms with Gasteiger partial charge in [-0.15, -0.1) is 0 Å². The Morgan fingerprint density at radius 3 is 2.50 bits per heavy atom. The van der Waals surface area contributed by atoms with Gasteiger partial charge >= 0.3 is 5.97 Å². The second-order valence-corrected chi connectivity index (χ2v) is 9.97. The fourth-order valence-electron chi connectivity index (χ4n) is 2.99. The molecule has 0 aliphatic carbocycles. The number of carbonyl (C=O) groups excluding carboxylic acids is 1. The van der Waals surface area contributed by atoms with E-state index in [1.54, 1.807) is 36.0 Å². The average molecular weight is 438 g/mol. The highest BCUT2D eigenvalue weighted by Gasteiger charge is 2.17. The van der Waals surface area contributed by atoms with E-state index in [9.17, 15) is 13.2 Å². The summed E-state index contributed by atoms with van der Waals surface area (Å²) in [5.74, 6) is -0.304. The van der Waals surface area contributed by atoms with Crippen LogP contribution in [-0.4, -0.2) is 31.7 Å². The molecule has 0 aliphatic rings. The van der Waals surface area contributed by atoms with Crippen molar-refractivity contribution >= 4 is 44.7 Å². The minimum atomic E-state index is -3.23. The molecule has 2 heterocycles. The van der Waals surface area contributed by atoms with Crippen LogP contribution in [0.2, 0.25) is 5.02 Å². The van der Waals surface area contributed by atoms with Crippen LogP contribution in [0.4, 0.5) is 0 Å². The molecule has 0 N–H and O–H groups in total. The Morgan fingerprint density at radius 2 is 1.89 bits per heavy atom. The van der Waals surface area contributed by atoms with Crippen LogP contribution < -0.4 is 0 Å². The van der Waals surface area contributed by atoms with Gasteiger partial charge in [0, 0.05) is 46.3 Å². The molecule has 2 aromatic heterocycles. The third-order valence-electron chi connectivity index (χ3n) is 4.33. The molecule has 3 rings (SSSR count). The lowest BCUT2D eigenvalue weighted by molar-refractivity contribution is -0.140. The highest BCUT2D eigenvalue weighted by atomic mass is 35.5. The van der Waals surface area contributed by atoms with Crippen LogP contribution in [0, 0.1) is 6.92 Å². The number of carbonyl (C=O) groups is 1. The predicted octanol–water partition coefficient (Wildman–Crippen LogP) is 4.56. The van der Waals surface area contributed by atoms with Crippen LogP contribution in [0.1, 0.15) is 18.2 Å². The lowest BCUT2D eigenvalue weighted by Crippen LogP contribution is -2.05. The number of benzene rings is 1. The van der Waals surface area contributed by atoms with Crippen molar-refractivity contribution in [3.63, 3.8) is 0 Å². The van der Waals surface area contributed by atoms with Crippen LogP contribution in [0.5, 0.6) is 0 Å². The van der Waals surface area contributed by atoms with Crippen LogP contribution in [0.25, 0.3) is 5.52 Å². The van der Waals surface area contributed by atoms with Gasteiger partial charge in [-0.05, 0) is 48.9 Å². The van der Waals surface area contributed by atoms with Crippen molar-refractivity contribution in [2.24, 2.45) is 0 Å². The molecular formula is C20H20ClNO4S2. The van der Waals surface area contributed by atoms with Gasteiger partial charge in [-0.25, -0.2) is 8.42 Å². The first kappa shape index (κ1) is 20.8. The summed E-state index contributed by atoms with van der Waals surface area (Å²) in [6.07, 6.45) is 3.68. The van der Waals surface area contributed by atoms with E-state index in [0.29, 0.717) is 22.9 Å². The topological polar surface area (TPSA) is 64.9 Å². The number of hydrogen-bond acceptors (Lipinski definition) is 5. The largest absolute Gasteiger partial charge is 0.465 e. The second-order valence-electron chi connectivity index (χ2n) is 6.44. The van der Waals surface area contributed by atoms with E-state index in [0.717, 1.165) is 26.6 Å². The number of halogens is 1. The molecule has 8 heteroatoms. The molecule has 0 bridgehead atoms. The summed E-state index contributed by atoms with van der Waals surface area (Å²) in [5.41, 5.74) is 3.08. The van der Waals surface area contributed by atoms with Gasteiger partial charge in [0.2, 0.25) is 0 Å². The van der Waals surface area contributed by atoms with Gasteiger partial charge in [-0.2, -0.15) is 0 Å². The van der Waals surface area contributed by atoms with Gasteiger partial charge in [0.1, 0.15) is 0 Å². The fourth-order valence-corrected chi connectivity index (χ4v) is 4.82. The quantitative estimate of drug-likeness (QED) is 0.529. The highest BCUT2D eigenvalue weighted by Crippen LogP contribution is 2.38. The summed E-state index contributed by atoms with van der Waals surface area (Å²) in [6.45, 7) is 3.72. The van der Waals surface area contributed by atoms with Gasteiger partial charge in [0.25, 0.3) is 0 Å². The van der Waals surface area contributed by atoms with E-state index in [1.807, 2.05) is 25.3 Å². The van der Waals surface area contributed by atoms with Gasteiger partial charge < -0.3 is 9.14 Å². The Kier molecular flexibility index (Phi) is 6.07. The molecule has 0 saturated carbocycles. The number of hydrogen-bond donors (Lipinski definition) is 0. The number of pyridine rings is 1. The molecule has 1 aromatic carbocycles. The molecule has 0 radical (unpaired) electrons. The van der Waals surface area contributed by atoms with E-state index >= 15 is 0 Å². The summed E-state index contributed by atoms with van der Waals surface area (Å²) in [7, 11) is -3.23. The Balaban J connectivity index is 1.99. The van der Waals surface area contributed by atoms with Crippen LogP contribution in [0.15, 0.2) is 57.3 Å². The van der Waals surface area contributed by atoms with Gasteiger partial charge in [-0.3, -0.25) is 4.79 Å². The van der Waals surface area contributed by atoms with Crippen LogP contribution >= 0.6 is 23.4 Å². The maximum atomic E-state index is 11.7. The molecule has 0 unspecified atom stereocenters. The second kappa shape index (κ2) is 8.19. The molecule has 0 fully saturated rings. The third-order valence-corrected chi connectivity index (χ3v) is 6.92. The van der Waals surface area contributed by atoms with Crippen molar-refractivity contribution in [2.75, 3.05) is 12.9 Å². The van der Waals surface area contributed by atoms with Crippen molar-refractivity contribution in [3.05, 3.63) is 58.9 Å². The zero-order valence-electron chi connectivity index (χ0n) is 15.7. The van der Waals surface area contributed by atoms with E-state index in [1.165, 1.54) is 13.2 Å². The normalized spacial score (nSPS) is 11.7. The molecule has 0 aliphatic heterocycles. The number of rotatable bonds is 6. The fraction of sp³-hybridized carbons (Fsp3) is 0.250. The SMILES string of the molecule is CC(=O)OCCc1c(C)c(Sc2ccc(S(C)(=O)=O)cc2)c2cc(Cl)ccn12. The summed E-state index contributed by atoms with van der Waals surface area (Å²) in [4.78, 5) is 13.3. The first-order valence-corrected chi connectivity index (χ1v) is 11.7. The molecule has 0 spiro atoms. The smallest absolute Gasteiger partial charge is 0.302 e. The first-order chi connectivity index (χ1) is 13.2. The minimum absolute atomic E-state index is 0.292. The zero-order chi connectivity index (χ0) is 20.5. The van der Waals surface area contributed by atoms with Gasteiger partial charge in [0.05, 0.1) is 17.0 Å². The molecule has 0 saturated heterocycles. The lowest BCUT2D eigenvalue weighted by atomic mass is 10.2. The maximum absolute atomic E-state index is 11.7. The third kappa shape index (κ3) is 4.54. The van der Waals surface area contributed by atoms with E-state index < -0.39 is 9.84 Å². The minimum Gasteiger partial charge on any atom is -0.465 e. The molecule has 28 heavy (non-hydrogen) atoms. The Hall–Kier alpha value is -1.96. The van der Waals surface area contributed by atoms with Crippen molar-refractivity contribution < 1.29 is 17.9 Å². The molecule has 3 aromatic rings. The lowest BCUT2D eigenvalue weighted by Gasteiger charge is -2.05. The summed E-state index contributed by atoms with van der Waals surface area (Å²) in [6, 6.07) is 10.5. The van der Waals surface area contributed by atoms with Gasteiger partial charge in [0.15, 0.2) is 9.84 Å². The number of aromatic nitrogens is 1. The van der Waals surface area contributed by atoms with Crippen LogP contribution in [0.3, 0.4) is 0 Å². The summed E-state index contributed by atoms with van der Waals surface area (Å²) < 4.78 is 30.5. The van der Waals surface area contributed by atoms with Crippen molar-refractivity contribution in [1.82, 2.24) is 4.40 Å². The molecule has 0 atom stereocenters. The monoisotopic (exact) mass is 437 g/mol. The molecule has 0 amide bonds. The predicted molar refractivity (Wildman–Crippen MR) is 111 cm³/mol. The van der Waals surface area contributed by atoms with Crippen LogP contribution in [-0.2, 0) is 25.8 Å². The standard InChI is InChI=1S/C20H20ClNO4S2/c1-13-18(9-11-26-14(2)23)22-10-8-15(21)12-19(22)20(13)27-16-4-6-17(7-5-16)28(3,24)25/h4-8,10,12H,9,11H2,1-3H3. The number of nitrogens with zero attached hydrogens (tertiary/aromatic N) is 1. The Labute approximate surface area is 173 Å². The molecule has 5 nitrogen and oxygen atoms in total. The average Bonchev–Trinajstić information content (AvgIpc) is 2.86. The van der Waals surface area contributed by atoms with E-state index in [4.69, 9.17) is 16.3 Å². The van der Waals surface area contributed by atoms with Crippen molar-refractivity contribution in [3.8, 4) is 0 Å². The Bertz CT molecular complexity index is 1140. The molecular weight excluding hydrogens is 418 g/mol. The summed E-state index contributed by atoms with van der Waals surface area (Å²) >= 11 is 7.76. The molecule has 148 valence electrons. The highest BCUT2D eigenvalue weighted by molar-refractivity contribution is 7.99. The number of ether oxygens (including phenoxy) is 1. The van der Waals surface area contributed by atoms with Crippen molar-refractivity contribution in [1.29, 1.82) is 0 Å². The number of sulfone groups is 1. The first-order valence-electron chi connectivity index (χ1n) is 8.57. The van der Waals surface area contributed by atoms with E-state index in [-0.39, 0.29) is 5.97 Å².